The fourth-order valence-electron chi connectivity index (χ4n) is 1.36. The number of nitrogens with zero attached hydrogens (tertiary/aromatic N) is 1. The second-order valence-corrected chi connectivity index (χ2v) is 6.62. The summed E-state index contributed by atoms with van der Waals surface area (Å²) >= 11 is 1.51. The van der Waals surface area contributed by atoms with Crippen LogP contribution in [0.1, 0.15) is 47.2 Å². The van der Waals surface area contributed by atoms with E-state index in [1.165, 1.54) is 11.3 Å². The van der Waals surface area contributed by atoms with Gasteiger partial charge in [-0.3, -0.25) is 4.79 Å². The zero-order valence-electron chi connectivity index (χ0n) is 12.0. The molecule has 0 saturated carbocycles. The molecule has 0 amide bonds. The summed E-state index contributed by atoms with van der Waals surface area (Å²) in [5, 5.41) is 6.04. The highest BCUT2D eigenvalue weighted by atomic mass is 32.1. The number of thiazole rings is 1. The molecule has 0 atom stereocenters. The van der Waals surface area contributed by atoms with E-state index in [4.69, 9.17) is 4.74 Å². The smallest absolute Gasteiger partial charge is 0.317 e. The van der Waals surface area contributed by atoms with Crippen molar-refractivity contribution in [2.45, 2.75) is 52.5 Å². The molecule has 1 rings (SSSR count). The highest BCUT2D eigenvalue weighted by Crippen LogP contribution is 2.29. The Balaban J connectivity index is 2.88. The molecule has 0 aliphatic carbocycles. The SMILES string of the molecule is CCOC(=O)C(C)(C)c1csc(NC(C)(C)C)n1. The zero-order chi connectivity index (χ0) is 14.0. The van der Waals surface area contributed by atoms with Crippen molar-refractivity contribution in [1.82, 2.24) is 4.98 Å². The van der Waals surface area contributed by atoms with E-state index in [2.05, 4.69) is 31.1 Å². The molecule has 0 unspecified atom stereocenters. The molecule has 1 N–H and O–H groups in total. The summed E-state index contributed by atoms with van der Waals surface area (Å²) in [5.41, 5.74) is 0.00533. The Labute approximate surface area is 113 Å². The molecule has 0 radical (unpaired) electrons. The number of nitrogens with one attached hydrogen (secondary N) is 1. The van der Waals surface area contributed by atoms with Crippen LogP contribution >= 0.6 is 11.3 Å². The van der Waals surface area contributed by atoms with E-state index in [0.717, 1.165) is 10.8 Å². The summed E-state index contributed by atoms with van der Waals surface area (Å²) < 4.78 is 5.08. The monoisotopic (exact) mass is 270 g/mol. The first-order valence-corrected chi connectivity index (χ1v) is 6.96. The lowest BCUT2D eigenvalue weighted by Crippen LogP contribution is -2.32. The van der Waals surface area contributed by atoms with Crippen LogP contribution in [-0.2, 0) is 14.9 Å². The Morgan fingerprint density at radius 1 is 1.39 bits per heavy atom. The van der Waals surface area contributed by atoms with E-state index in [0.29, 0.717) is 6.61 Å². The number of rotatable bonds is 4. The number of carbonyl (C=O) groups is 1. The van der Waals surface area contributed by atoms with Gasteiger partial charge in [-0.05, 0) is 41.5 Å². The Morgan fingerprint density at radius 2 is 2.00 bits per heavy atom. The van der Waals surface area contributed by atoms with Crippen LogP contribution in [0.15, 0.2) is 5.38 Å². The Bertz CT molecular complexity index is 419. The van der Waals surface area contributed by atoms with Crippen LogP contribution in [0.2, 0.25) is 0 Å². The molecule has 0 fully saturated rings. The third-order valence-corrected chi connectivity index (χ3v) is 3.17. The number of carbonyl (C=O) groups excluding carboxylic acids is 1. The largest absolute Gasteiger partial charge is 0.465 e. The molecule has 0 aliphatic rings. The predicted octanol–water partition coefficient (Wildman–Crippen LogP) is 3.19. The maximum Gasteiger partial charge on any atom is 0.317 e. The van der Waals surface area contributed by atoms with Crippen LogP contribution in [-0.4, -0.2) is 23.1 Å². The minimum absolute atomic E-state index is 0.0385. The lowest BCUT2D eigenvalue weighted by Gasteiger charge is -2.21. The van der Waals surface area contributed by atoms with Gasteiger partial charge in [0.1, 0.15) is 5.41 Å². The van der Waals surface area contributed by atoms with Gasteiger partial charge in [0, 0.05) is 10.9 Å². The van der Waals surface area contributed by atoms with Crippen LogP contribution in [0, 0.1) is 0 Å². The topological polar surface area (TPSA) is 51.2 Å². The van der Waals surface area contributed by atoms with E-state index in [9.17, 15) is 4.79 Å². The van der Waals surface area contributed by atoms with Crippen LogP contribution in [0.25, 0.3) is 0 Å². The third kappa shape index (κ3) is 3.70. The molecule has 5 heteroatoms. The summed E-state index contributed by atoms with van der Waals surface area (Å²) in [7, 11) is 0. The maximum absolute atomic E-state index is 11.9. The van der Waals surface area contributed by atoms with E-state index in [1.54, 1.807) is 0 Å². The normalized spacial score (nSPS) is 12.3. The quantitative estimate of drug-likeness (QED) is 0.854. The summed E-state index contributed by atoms with van der Waals surface area (Å²) in [4.78, 5) is 16.4. The van der Waals surface area contributed by atoms with Crippen molar-refractivity contribution in [1.29, 1.82) is 0 Å². The summed E-state index contributed by atoms with van der Waals surface area (Å²) in [6, 6.07) is 0. The molecule has 1 aromatic heterocycles. The lowest BCUT2D eigenvalue weighted by molar-refractivity contribution is -0.148. The second-order valence-electron chi connectivity index (χ2n) is 5.76. The maximum atomic E-state index is 11.9. The van der Waals surface area contributed by atoms with Gasteiger partial charge in [-0.2, -0.15) is 0 Å². The van der Waals surface area contributed by atoms with E-state index >= 15 is 0 Å². The van der Waals surface area contributed by atoms with E-state index < -0.39 is 5.41 Å². The molecule has 4 nitrogen and oxygen atoms in total. The van der Waals surface area contributed by atoms with Crippen molar-refractivity contribution in [2.75, 3.05) is 11.9 Å². The van der Waals surface area contributed by atoms with Crippen LogP contribution in [0.5, 0.6) is 0 Å². The van der Waals surface area contributed by atoms with Crippen molar-refractivity contribution in [2.24, 2.45) is 0 Å². The van der Waals surface area contributed by atoms with Gasteiger partial charge in [-0.1, -0.05) is 0 Å². The van der Waals surface area contributed by atoms with E-state index in [1.807, 2.05) is 26.2 Å². The van der Waals surface area contributed by atoms with Crippen molar-refractivity contribution >= 4 is 22.4 Å². The molecular formula is C13H22N2O2S. The zero-order valence-corrected chi connectivity index (χ0v) is 12.8. The van der Waals surface area contributed by atoms with Gasteiger partial charge in [-0.25, -0.2) is 4.98 Å². The molecule has 1 aromatic rings. The van der Waals surface area contributed by atoms with Gasteiger partial charge >= 0.3 is 5.97 Å². The van der Waals surface area contributed by atoms with Gasteiger partial charge in [0.25, 0.3) is 0 Å². The highest BCUT2D eigenvalue weighted by molar-refractivity contribution is 7.13. The number of hydrogen-bond donors (Lipinski definition) is 1. The minimum Gasteiger partial charge on any atom is -0.465 e. The van der Waals surface area contributed by atoms with Crippen LogP contribution in [0.3, 0.4) is 0 Å². The number of hydrogen-bond acceptors (Lipinski definition) is 5. The van der Waals surface area contributed by atoms with Crippen molar-refractivity contribution in [3.8, 4) is 0 Å². The molecule has 18 heavy (non-hydrogen) atoms. The first-order valence-electron chi connectivity index (χ1n) is 6.08. The van der Waals surface area contributed by atoms with Crippen LogP contribution in [0.4, 0.5) is 5.13 Å². The molecule has 0 saturated heterocycles. The minimum atomic E-state index is -0.704. The molecule has 1 heterocycles. The van der Waals surface area contributed by atoms with Gasteiger partial charge in [-0.15, -0.1) is 11.3 Å². The third-order valence-electron chi connectivity index (χ3n) is 2.41. The first-order chi connectivity index (χ1) is 8.16. The summed E-state index contributed by atoms with van der Waals surface area (Å²) in [6.07, 6.45) is 0. The molecule has 0 bridgehead atoms. The lowest BCUT2D eigenvalue weighted by atomic mass is 9.90. The Hall–Kier alpha value is -1.10. The van der Waals surface area contributed by atoms with Gasteiger partial charge < -0.3 is 10.1 Å². The average molecular weight is 270 g/mol. The Morgan fingerprint density at radius 3 is 2.50 bits per heavy atom. The molecule has 0 aromatic carbocycles. The molecule has 102 valence electrons. The number of esters is 1. The highest BCUT2D eigenvalue weighted by Gasteiger charge is 2.34. The molecule has 0 aliphatic heterocycles. The van der Waals surface area contributed by atoms with Crippen molar-refractivity contribution in [3.05, 3.63) is 11.1 Å². The van der Waals surface area contributed by atoms with Crippen molar-refractivity contribution in [3.63, 3.8) is 0 Å². The number of aromatic nitrogens is 1. The fourth-order valence-corrected chi connectivity index (χ4v) is 2.44. The fraction of sp³-hybridized carbons (Fsp3) is 0.692. The summed E-state index contributed by atoms with van der Waals surface area (Å²) in [6.45, 7) is 12.1. The number of anilines is 1. The van der Waals surface area contributed by atoms with Gasteiger partial charge in [0.05, 0.1) is 12.3 Å². The van der Waals surface area contributed by atoms with Gasteiger partial charge in [0.15, 0.2) is 5.13 Å². The summed E-state index contributed by atoms with van der Waals surface area (Å²) in [5.74, 6) is -0.238. The van der Waals surface area contributed by atoms with E-state index in [-0.39, 0.29) is 11.5 Å². The average Bonchev–Trinajstić information content (AvgIpc) is 2.64. The first kappa shape index (κ1) is 15.0. The standard InChI is InChI=1S/C13H22N2O2S/c1-7-17-10(16)13(5,6)9-8-18-11(14-9)15-12(2,3)4/h8H,7H2,1-6H3,(H,14,15). The number of ether oxygens (including phenoxy) is 1. The predicted molar refractivity (Wildman–Crippen MR) is 75.1 cm³/mol. The molecule has 0 spiro atoms. The second kappa shape index (κ2) is 5.26. The molecular weight excluding hydrogens is 248 g/mol. The van der Waals surface area contributed by atoms with Crippen molar-refractivity contribution < 1.29 is 9.53 Å². The Kier molecular flexibility index (Phi) is 4.37. The van der Waals surface area contributed by atoms with Crippen LogP contribution < -0.4 is 5.32 Å². The van der Waals surface area contributed by atoms with Gasteiger partial charge in [0.2, 0.25) is 0 Å².